The molecule has 1 fully saturated rings. The zero-order valence-corrected chi connectivity index (χ0v) is 21.1. The zero-order chi connectivity index (χ0) is 24.8. The lowest BCUT2D eigenvalue weighted by molar-refractivity contribution is -0.121. The quantitative estimate of drug-likeness (QED) is 0.394. The van der Waals surface area contributed by atoms with Crippen LogP contribution < -0.4 is 15.2 Å². The molecule has 178 valence electrons. The minimum Gasteiger partial charge on any atom is -0.490 e. The number of amides is 2. The summed E-state index contributed by atoms with van der Waals surface area (Å²) in [6.45, 7) is 1.90. The van der Waals surface area contributed by atoms with Crippen molar-refractivity contribution in [1.29, 1.82) is 0 Å². The molecule has 0 unspecified atom stereocenters. The maximum Gasteiger partial charge on any atom is 0.337 e. The van der Waals surface area contributed by atoms with E-state index >= 15 is 0 Å². The van der Waals surface area contributed by atoms with E-state index in [4.69, 9.17) is 19.9 Å². The van der Waals surface area contributed by atoms with Gasteiger partial charge in [-0.1, -0.05) is 6.07 Å². The zero-order valence-electron chi connectivity index (χ0n) is 18.7. The lowest BCUT2D eigenvalue weighted by Crippen LogP contribution is -2.23. The normalized spacial score (nSPS) is 15.6. The summed E-state index contributed by atoms with van der Waals surface area (Å²) in [5.74, 6) is -0.554. The van der Waals surface area contributed by atoms with Crippen LogP contribution in [0.4, 0.5) is 5.69 Å². The van der Waals surface area contributed by atoms with Crippen molar-refractivity contribution in [3.63, 3.8) is 0 Å². The number of primary amides is 1. The average Bonchev–Trinajstić information content (AvgIpc) is 3.05. The monoisotopic (exact) mass is 547 g/mol. The molecule has 0 aromatic heterocycles. The fourth-order valence-corrected chi connectivity index (χ4v) is 4.51. The molecule has 2 N–H and O–H groups in total. The molecule has 3 rings (SSSR count). The minimum atomic E-state index is -0.611. The number of aliphatic imine (C=N–C) groups is 1. The number of thioether (sulfide) groups is 1. The van der Waals surface area contributed by atoms with Crippen LogP contribution in [0.1, 0.15) is 22.8 Å². The molecule has 2 amide bonds. The van der Waals surface area contributed by atoms with Gasteiger partial charge >= 0.3 is 5.97 Å². The summed E-state index contributed by atoms with van der Waals surface area (Å²) in [5, 5.41) is 0.462. The van der Waals surface area contributed by atoms with Crippen LogP contribution in [-0.2, 0) is 14.3 Å². The van der Waals surface area contributed by atoms with Gasteiger partial charge in [-0.25, -0.2) is 9.79 Å². The SMILES string of the molecule is CCOc1cc(C=C2SC(=Nc3cccc(C(=O)OC)c3)N(C)C2=O)cc(Br)c1OCC(N)=O. The van der Waals surface area contributed by atoms with Crippen LogP contribution >= 0.6 is 27.7 Å². The van der Waals surface area contributed by atoms with E-state index in [1.54, 1.807) is 49.5 Å². The molecule has 1 heterocycles. The summed E-state index contributed by atoms with van der Waals surface area (Å²) in [6, 6.07) is 10.1. The number of amidine groups is 1. The van der Waals surface area contributed by atoms with Gasteiger partial charge in [0, 0.05) is 7.05 Å². The average molecular weight is 548 g/mol. The van der Waals surface area contributed by atoms with Gasteiger partial charge in [-0.2, -0.15) is 0 Å². The summed E-state index contributed by atoms with van der Waals surface area (Å²) >= 11 is 4.63. The molecule has 0 bridgehead atoms. The number of methoxy groups -OCH3 is 1. The molecule has 1 aliphatic heterocycles. The number of halogens is 1. The highest BCUT2D eigenvalue weighted by Gasteiger charge is 2.30. The Hall–Kier alpha value is -3.31. The number of hydrogen-bond donors (Lipinski definition) is 1. The van der Waals surface area contributed by atoms with Gasteiger partial charge in [0.2, 0.25) is 0 Å². The van der Waals surface area contributed by atoms with Gasteiger partial charge in [-0.15, -0.1) is 0 Å². The van der Waals surface area contributed by atoms with Crippen LogP contribution in [0.2, 0.25) is 0 Å². The fourth-order valence-electron chi connectivity index (χ4n) is 2.95. The molecule has 11 heteroatoms. The highest BCUT2D eigenvalue weighted by atomic mass is 79.9. The fraction of sp³-hybridized carbons (Fsp3) is 0.217. The first-order chi connectivity index (χ1) is 16.2. The number of nitrogens with zero attached hydrogens (tertiary/aromatic N) is 2. The van der Waals surface area contributed by atoms with Gasteiger partial charge in [-0.05, 0) is 76.6 Å². The van der Waals surface area contributed by atoms with Crippen molar-refractivity contribution in [2.75, 3.05) is 27.4 Å². The van der Waals surface area contributed by atoms with E-state index in [-0.39, 0.29) is 12.5 Å². The number of benzene rings is 2. The Balaban J connectivity index is 1.91. The van der Waals surface area contributed by atoms with E-state index in [1.807, 2.05) is 6.92 Å². The molecule has 0 aliphatic carbocycles. The Labute approximate surface area is 209 Å². The van der Waals surface area contributed by atoms with E-state index in [2.05, 4.69) is 20.9 Å². The van der Waals surface area contributed by atoms with Crippen LogP contribution in [0, 0.1) is 0 Å². The largest absolute Gasteiger partial charge is 0.490 e. The van der Waals surface area contributed by atoms with Crippen molar-refractivity contribution in [3.8, 4) is 11.5 Å². The van der Waals surface area contributed by atoms with E-state index in [0.717, 1.165) is 0 Å². The molecule has 2 aromatic carbocycles. The maximum atomic E-state index is 12.8. The molecule has 9 nitrogen and oxygen atoms in total. The standard InChI is InChI=1S/C23H22BrN3O6S/c1-4-32-17-9-13(8-16(24)20(17)33-12-19(25)28)10-18-21(29)27(2)23(34-18)26-15-7-5-6-14(11-15)22(30)31-3/h5-11H,4,12H2,1-3H3,(H2,25,28). The Kier molecular flexibility index (Phi) is 8.35. The number of nitrogens with two attached hydrogens (primary N) is 1. The lowest BCUT2D eigenvalue weighted by atomic mass is 10.2. The Bertz CT molecular complexity index is 1200. The first kappa shape index (κ1) is 25.3. The third-order valence-corrected chi connectivity index (χ3v) is 6.13. The van der Waals surface area contributed by atoms with Crippen molar-refractivity contribution in [2.24, 2.45) is 10.7 Å². The second-order valence-electron chi connectivity index (χ2n) is 6.93. The Morgan fingerprint density at radius 2 is 2.00 bits per heavy atom. The number of likely N-dealkylation sites (N-methyl/N-ethyl adjacent to an activating group) is 1. The second kappa shape index (κ2) is 11.2. The minimum absolute atomic E-state index is 0.226. The summed E-state index contributed by atoms with van der Waals surface area (Å²) in [7, 11) is 2.93. The van der Waals surface area contributed by atoms with Gasteiger partial charge in [-0.3, -0.25) is 14.5 Å². The number of ether oxygens (including phenoxy) is 3. The van der Waals surface area contributed by atoms with Crippen molar-refractivity contribution >= 4 is 62.4 Å². The predicted molar refractivity (Wildman–Crippen MR) is 133 cm³/mol. The van der Waals surface area contributed by atoms with Crippen molar-refractivity contribution in [2.45, 2.75) is 6.92 Å². The Morgan fingerprint density at radius 3 is 2.68 bits per heavy atom. The van der Waals surface area contributed by atoms with Gasteiger partial charge in [0.05, 0.1) is 34.3 Å². The van der Waals surface area contributed by atoms with E-state index < -0.39 is 11.9 Å². The topological polar surface area (TPSA) is 121 Å². The van der Waals surface area contributed by atoms with Crippen molar-refractivity contribution in [1.82, 2.24) is 4.90 Å². The van der Waals surface area contributed by atoms with Crippen LogP contribution in [0.5, 0.6) is 11.5 Å². The molecular weight excluding hydrogens is 526 g/mol. The molecule has 1 saturated heterocycles. The molecule has 0 radical (unpaired) electrons. The van der Waals surface area contributed by atoms with Gasteiger partial charge in [0.15, 0.2) is 23.3 Å². The molecule has 2 aromatic rings. The van der Waals surface area contributed by atoms with Crippen LogP contribution in [0.15, 0.2) is 50.8 Å². The molecule has 1 aliphatic rings. The summed E-state index contributed by atoms with van der Waals surface area (Å²) < 4.78 is 16.4. The first-order valence-corrected chi connectivity index (χ1v) is 11.7. The van der Waals surface area contributed by atoms with E-state index in [0.29, 0.717) is 49.5 Å². The lowest BCUT2D eigenvalue weighted by Gasteiger charge is -2.14. The van der Waals surface area contributed by atoms with Crippen LogP contribution in [-0.4, -0.2) is 55.2 Å². The molecule has 34 heavy (non-hydrogen) atoms. The highest BCUT2D eigenvalue weighted by Crippen LogP contribution is 2.39. The van der Waals surface area contributed by atoms with Gasteiger partial charge < -0.3 is 19.9 Å². The summed E-state index contributed by atoms with van der Waals surface area (Å²) in [6.07, 6.45) is 1.71. The second-order valence-corrected chi connectivity index (χ2v) is 8.79. The van der Waals surface area contributed by atoms with Crippen LogP contribution in [0.3, 0.4) is 0 Å². The molecular formula is C23H22BrN3O6S. The first-order valence-electron chi connectivity index (χ1n) is 10.1. The van der Waals surface area contributed by atoms with Crippen LogP contribution in [0.25, 0.3) is 6.08 Å². The predicted octanol–water partition coefficient (Wildman–Crippen LogP) is 3.73. The summed E-state index contributed by atoms with van der Waals surface area (Å²) in [4.78, 5) is 42.1. The summed E-state index contributed by atoms with van der Waals surface area (Å²) in [5.41, 5.74) is 6.73. The smallest absolute Gasteiger partial charge is 0.337 e. The molecule has 0 spiro atoms. The third kappa shape index (κ3) is 5.97. The van der Waals surface area contributed by atoms with Crippen molar-refractivity contribution < 1.29 is 28.6 Å². The highest BCUT2D eigenvalue weighted by molar-refractivity contribution is 9.10. The number of hydrogen-bond acceptors (Lipinski definition) is 8. The van der Waals surface area contributed by atoms with Gasteiger partial charge in [0.25, 0.3) is 11.8 Å². The molecule has 0 atom stereocenters. The van der Waals surface area contributed by atoms with Gasteiger partial charge in [0.1, 0.15) is 0 Å². The van der Waals surface area contributed by atoms with E-state index in [1.165, 1.54) is 23.8 Å². The molecule has 0 saturated carbocycles. The number of rotatable bonds is 8. The Morgan fingerprint density at radius 1 is 1.24 bits per heavy atom. The van der Waals surface area contributed by atoms with Crippen molar-refractivity contribution in [3.05, 3.63) is 56.9 Å². The maximum absolute atomic E-state index is 12.8. The number of esters is 1. The number of carbonyl (C=O) groups excluding carboxylic acids is 3. The number of carbonyl (C=O) groups is 3. The van der Waals surface area contributed by atoms with E-state index in [9.17, 15) is 14.4 Å². The third-order valence-electron chi connectivity index (χ3n) is 4.48.